The van der Waals surface area contributed by atoms with Gasteiger partial charge in [-0.05, 0) is 99.7 Å². The zero-order chi connectivity index (χ0) is 34.2. The van der Waals surface area contributed by atoms with Crippen molar-refractivity contribution in [2.75, 3.05) is 13.1 Å². The van der Waals surface area contributed by atoms with Gasteiger partial charge < -0.3 is 16.5 Å². The van der Waals surface area contributed by atoms with Gasteiger partial charge in [0.25, 0.3) is 0 Å². The van der Waals surface area contributed by atoms with Gasteiger partial charge in [0.15, 0.2) is 0 Å². The van der Waals surface area contributed by atoms with Crippen LogP contribution in [0, 0.1) is 47.3 Å². The van der Waals surface area contributed by atoms with Crippen molar-refractivity contribution in [3.8, 4) is 0 Å². The van der Waals surface area contributed by atoms with Crippen LogP contribution in [-0.4, -0.2) is 80.8 Å². The van der Waals surface area contributed by atoms with E-state index in [-0.39, 0.29) is 71.0 Å². The third-order valence-electron chi connectivity index (χ3n) is 12.3. The molecule has 10 nitrogen and oxygen atoms in total. The fourth-order valence-electron chi connectivity index (χ4n) is 10.7. The Balaban J connectivity index is 1.02. The molecule has 4 amide bonds. The Bertz CT molecular complexity index is 1250. The molecule has 2 saturated carbocycles. The quantitative estimate of drug-likeness (QED) is 0.146. The van der Waals surface area contributed by atoms with E-state index in [1.165, 1.54) is 9.80 Å². The average molecular weight is 731 g/mol. The molecule has 5 fully saturated rings. The van der Waals surface area contributed by atoms with E-state index in [2.05, 4.69) is 64.3 Å². The van der Waals surface area contributed by atoms with Gasteiger partial charge >= 0.3 is 34.2 Å². The van der Waals surface area contributed by atoms with Crippen LogP contribution in [0.1, 0.15) is 52.4 Å². The highest BCUT2D eigenvalue weighted by molar-refractivity contribution is 6.93. The predicted molar refractivity (Wildman–Crippen MR) is 189 cm³/mol. The molecule has 3 saturated heterocycles. The van der Waals surface area contributed by atoms with Crippen LogP contribution < -0.4 is 0 Å². The van der Waals surface area contributed by atoms with Crippen molar-refractivity contribution < 1.29 is 35.6 Å². The Kier molecular flexibility index (Phi) is 9.16. The molecule has 0 N–H and O–H groups in total. The first kappa shape index (κ1) is 34.9. The highest BCUT2D eigenvalue weighted by atomic mass is 28.5. The molecule has 4 aliphatic carbocycles. The van der Waals surface area contributed by atoms with Gasteiger partial charge in [0, 0.05) is 13.1 Å². The lowest BCUT2D eigenvalue weighted by Gasteiger charge is -2.50. The Morgan fingerprint density at radius 2 is 0.792 bits per heavy atom. The van der Waals surface area contributed by atoms with Crippen molar-refractivity contribution in [2.24, 2.45) is 47.3 Å². The molecule has 7 aliphatic rings. The van der Waals surface area contributed by atoms with Crippen molar-refractivity contribution in [1.29, 1.82) is 0 Å². The predicted octanol–water partition coefficient (Wildman–Crippen LogP) is 5.57. The first-order valence-corrected chi connectivity index (χ1v) is 28.7. The van der Waals surface area contributed by atoms with Crippen molar-refractivity contribution in [2.45, 2.75) is 103 Å². The molecule has 8 unspecified atom stereocenters. The SMILES string of the molecule is CCC[Si]1(C)O[Si](C)(CCCN2C(=O)C3C4C=CC(C4)C3C2=O)O[Si](C)(CCC)O[Si](C)(CCCN2C(=O)C3C4C=CC(C4)C3C2=O)O1. The fourth-order valence-corrected chi connectivity index (χ4v) is 34.2. The molecular weight excluding hydrogens is 677 g/mol. The number of carbonyl (C=O) groups excluding carboxylic acids is 4. The molecule has 4 bridgehead atoms. The summed E-state index contributed by atoms with van der Waals surface area (Å²) in [4.78, 5) is 56.4. The van der Waals surface area contributed by atoms with Crippen LogP contribution in [0.5, 0.6) is 0 Å². The van der Waals surface area contributed by atoms with Gasteiger partial charge in [0.1, 0.15) is 0 Å². The minimum atomic E-state index is -2.85. The minimum Gasteiger partial charge on any atom is -0.416 e. The van der Waals surface area contributed by atoms with Gasteiger partial charge in [0.05, 0.1) is 23.7 Å². The van der Waals surface area contributed by atoms with Gasteiger partial charge in [-0.15, -0.1) is 0 Å². The lowest BCUT2D eigenvalue weighted by molar-refractivity contribution is -0.142. The third kappa shape index (κ3) is 5.99. The van der Waals surface area contributed by atoms with Crippen LogP contribution in [-0.2, 0) is 35.6 Å². The van der Waals surface area contributed by atoms with Gasteiger partial charge in [-0.3, -0.25) is 29.0 Å². The van der Waals surface area contributed by atoms with Crippen molar-refractivity contribution >= 4 is 57.9 Å². The number of hydrogen-bond acceptors (Lipinski definition) is 8. The molecule has 0 aromatic heterocycles. The smallest absolute Gasteiger partial charge is 0.317 e. The van der Waals surface area contributed by atoms with Crippen LogP contribution in [0.4, 0.5) is 0 Å². The molecule has 0 aromatic carbocycles. The highest BCUT2D eigenvalue weighted by Crippen LogP contribution is 2.54. The van der Waals surface area contributed by atoms with E-state index in [0.717, 1.165) is 37.8 Å². The average Bonchev–Trinajstić information content (AvgIpc) is 3.84. The van der Waals surface area contributed by atoms with E-state index >= 15 is 0 Å². The maximum Gasteiger partial charge on any atom is 0.317 e. The first-order chi connectivity index (χ1) is 22.7. The molecule has 14 heteroatoms. The summed E-state index contributed by atoms with van der Waals surface area (Å²) in [5.41, 5.74) is 0. The van der Waals surface area contributed by atoms with Crippen molar-refractivity contribution in [1.82, 2.24) is 9.80 Å². The summed E-state index contributed by atoms with van der Waals surface area (Å²) in [6, 6.07) is 2.93. The maximum atomic E-state index is 13.3. The fraction of sp³-hybridized carbons (Fsp3) is 0.765. The summed E-state index contributed by atoms with van der Waals surface area (Å²) < 4.78 is 28.7. The topological polar surface area (TPSA) is 112 Å². The van der Waals surface area contributed by atoms with Gasteiger partial charge in [-0.25, -0.2) is 0 Å². The largest absolute Gasteiger partial charge is 0.416 e. The summed E-state index contributed by atoms with van der Waals surface area (Å²) in [5, 5.41) is 0. The normalized spacial score (nSPS) is 45.9. The van der Waals surface area contributed by atoms with E-state index in [4.69, 9.17) is 16.5 Å². The Morgan fingerprint density at radius 1 is 0.521 bits per heavy atom. The van der Waals surface area contributed by atoms with E-state index < -0.39 is 34.2 Å². The summed E-state index contributed by atoms with van der Waals surface area (Å²) >= 11 is 0. The van der Waals surface area contributed by atoms with E-state index in [1.54, 1.807) is 0 Å². The summed E-state index contributed by atoms with van der Waals surface area (Å²) in [5.74, 6) is 0.157. The molecule has 48 heavy (non-hydrogen) atoms. The number of allylic oxidation sites excluding steroid dienone is 4. The Labute approximate surface area is 289 Å². The summed E-state index contributed by atoms with van der Waals surface area (Å²) in [6.45, 7) is 13.6. The number of likely N-dealkylation sites (tertiary alicyclic amines) is 2. The zero-order valence-corrected chi connectivity index (χ0v) is 33.6. The first-order valence-electron chi connectivity index (χ1n) is 18.6. The Hall–Kier alpha value is -1.53. The molecule has 7 rings (SSSR count). The Morgan fingerprint density at radius 3 is 1.06 bits per heavy atom. The van der Waals surface area contributed by atoms with Gasteiger partial charge in [-0.1, -0.05) is 51.0 Å². The number of nitrogens with zero attached hydrogens (tertiary/aromatic N) is 2. The highest BCUT2D eigenvalue weighted by Gasteiger charge is 2.61. The summed E-state index contributed by atoms with van der Waals surface area (Å²) in [7, 11) is -11.2. The molecule has 264 valence electrons. The standard InChI is InChI=1S/C34H54N2O8Si4/c1-7-17-45(3)41-47(5,19-9-15-35-31(37)27-23-11-12-24(21-23)28(27)32(35)38)43-46(4,18-8-2)44-48(6,42-45)20-10-16-36-33(39)29-25-13-14-26(22-25)30(29)34(36)40/h11-14,23-30H,7-10,15-22H2,1-6H3. The van der Waals surface area contributed by atoms with E-state index in [9.17, 15) is 19.2 Å². The van der Waals surface area contributed by atoms with Crippen LogP contribution in [0.2, 0.25) is 50.4 Å². The second-order valence-electron chi connectivity index (χ2n) is 16.3. The van der Waals surface area contributed by atoms with Crippen molar-refractivity contribution in [3.05, 3.63) is 24.3 Å². The lowest BCUT2D eigenvalue weighted by atomic mass is 9.85. The molecule has 3 aliphatic heterocycles. The van der Waals surface area contributed by atoms with E-state index in [0.29, 0.717) is 38.0 Å². The van der Waals surface area contributed by atoms with Crippen LogP contribution in [0.15, 0.2) is 24.3 Å². The van der Waals surface area contributed by atoms with Crippen LogP contribution in [0.3, 0.4) is 0 Å². The number of rotatable bonds is 12. The molecule has 0 spiro atoms. The molecule has 0 radical (unpaired) electrons. The third-order valence-corrected chi connectivity index (χ3v) is 31.4. The molecule has 0 aromatic rings. The molecule has 3 heterocycles. The van der Waals surface area contributed by atoms with Crippen LogP contribution in [0.25, 0.3) is 0 Å². The lowest BCUT2D eigenvalue weighted by Crippen LogP contribution is -2.67. The minimum absolute atomic E-state index is 0.00144. The van der Waals surface area contributed by atoms with Crippen molar-refractivity contribution in [3.63, 3.8) is 0 Å². The van der Waals surface area contributed by atoms with Gasteiger partial charge in [0.2, 0.25) is 23.6 Å². The zero-order valence-electron chi connectivity index (χ0n) is 29.6. The van der Waals surface area contributed by atoms with Crippen LogP contribution >= 0.6 is 0 Å². The number of hydrogen-bond donors (Lipinski definition) is 0. The molecule has 8 atom stereocenters. The number of amides is 4. The monoisotopic (exact) mass is 730 g/mol. The number of fused-ring (bicyclic) bond motifs is 10. The maximum absolute atomic E-state index is 13.3. The second kappa shape index (κ2) is 12.6. The second-order valence-corrected chi connectivity index (χ2v) is 30.6. The summed E-state index contributed by atoms with van der Waals surface area (Å²) in [6.07, 6.45) is 13.5. The number of carbonyl (C=O) groups is 4. The van der Waals surface area contributed by atoms with Gasteiger partial charge in [-0.2, -0.15) is 0 Å². The number of imide groups is 2. The van der Waals surface area contributed by atoms with E-state index in [1.807, 2.05) is 0 Å². The molecular formula is C34H54N2O8Si4.